The van der Waals surface area contributed by atoms with Gasteiger partial charge in [-0.05, 0) is 42.8 Å². The van der Waals surface area contributed by atoms with Crippen molar-refractivity contribution in [2.24, 2.45) is 0 Å². The number of hydrogen-bond acceptors (Lipinski definition) is 6. The standard InChI is InChI=1S/C22H22ClNO4S2/c1-3-26-19-13-15(14-20-21(25)24(2)22(29)30-20)9-10-18(19)28-12-6-11-27-17-8-5-4-7-16(17)23/h4-5,7-10,13-14H,3,6,11-12H2,1-2H3. The van der Waals surface area contributed by atoms with Crippen LogP contribution in [0, 0.1) is 0 Å². The lowest BCUT2D eigenvalue weighted by molar-refractivity contribution is -0.121. The summed E-state index contributed by atoms with van der Waals surface area (Å²) in [5.41, 5.74) is 0.849. The van der Waals surface area contributed by atoms with E-state index in [4.69, 9.17) is 38.0 Å². The summed E-state index contributed by atoms with van der Waals surface area (Å²) >= 11 is 12.5. The molecule has 0 N–H and O–H groups in total. The molecule has 0 spiro atoms. The van der Waals surface area contributed by atoms with E-state index in [1.54, 1.807) is 13.1 Å². The van der Waals surface area contributed by atoms with Gasteiger partial charge in [0.2, 0.25) is 0 Å². The van der Waals surface area contributed by atoms with E-state index in [0.29, 0.717) is 57.7 Å². The fourth-order valence-electron chi connectivity index (χ4n) is 2.68. The number of carbonyl (C=O) groups is 1. The molecule has 3 rings (SSSR count). The molecule has 0 aromatic heterocycles. The monoisotopic (exact) mass is 463 g/mol. The van der Waals surface area contributed by atoms with Crippen LogP contribution in [0.15, 0.2) is 47.4 Å². The van der Waals surface area contributed by atoms with Crippen LogP contribution in [0.3, 0.4) is 0 Å². The third-order valence-corrected chi connectivity index (χ3v) is 5.99. The molecule has 1 aliphatic rings. The van der Waals surface area contributed by atoms with Gasteiger partial charge in [-0.1, -0.05) is 53.8 Å². The molecule has 2 aromatic carbocycles. The fourth-order valence-corrected chi connectivity index (χ4v) is 4.05. The van der Waals surface area contributed by atoms with E-state index in [-0.39, 0.29) is 5.91 Å². The maximum atomic E-state index is 12.2. The van der Waals surface area contributed by atoms with E-state index in [1.807, 2.05) is 49.4 Å². The SMILES string of the molecule is CCOc1cc(C=C2SC(=S)N(C)C2=O)ccc1OCCCOc1ccccc1Cl. The number of likely N-dealkylation sites (N-methyl/N-ethyl adjacent to an activating group) is 1. The minimum atomic E-state index is -0.0956. The zero-order valence-corrected chi connectivity index (χ0v) is 19.1. The predicted octanol–water partition coefficient (Wildman–Crippen LogP) is 5.42. The van der Waals surface area contributed by atoms with Gasteiger partial charge in [0.05, 0.1) is 29.7 Å². The second kappa shape index (κ2) is 10.7. The van der Waals surface area contributed by atoms with E-state index in [2.05, 4.69) is 0 Å². The molecule has 8 heteroatoms. The first-order chi connectivity index (χ1) is 14.5. The third-order valence-electron chi connectivity index (χ3n) is 4.19. The molecule has 0 saturated carbocycles. The Morgan fingerprint density at radius 3 is 2.47 bits per heavy atom. The minimum Gasteiger partial charge on any atom is -0.492 e. The summed E-state index contributed by atoms with van der Waals surface area (Å²) in [6, 6.07) is 13.0. The summed E-state index contributed by atoms with van der Waals surface area (Å²) < 4.78 is 17.8. The van der Waals surface area contributed by atoms with Crippen LogP contribution in [0.2, 0.25) is 5.02 Å². The normalized spacial score (nSPS) is 15.0. The molecule has 0 radical (unpaired) electrons. The van der Waals surface area contributed by atoms with Crippen LogP contribution in [0.1, 0.15) is 18.9 Å². The van der Waals surface area contributed by atoms with E-state index in [0.717, 1.165) is 5.56 Å². The first kappa shape index (κ1) is 22.5. The molecule has 30 heavy (non-hydrogen) atoms. The van der Waals surface area contributed by atoms with E-state index in [9.17, 15) is 4.79 Å². The number of carbonyl (C=O) groups excluding carboxylic acids is 1. The van der Waals surface area contributed by atoms with Gasteiger partial charge in [-0.25, -0.2) is 0 Å². The van der Waals surface area contributed by atoms with Crippen molar-refractivity contribution < 1.29 is 19.0 Å². The lowest BCUT2D eigenvalue weighted by Gasteiger charge is -2.13. The first-order valence-corrected chi connectivity index (χ1v) is 11.1. The summed E-state index contributed by atoms with van der Waals surface area (Å²) in [5.74, 6) is 1.85. The number of para-hydroxylation sites is 1. The van der Waals surface area contributed by atoms with Crippen molar-refractivity contribution in [1.82, 2.24) is 4.90 Å². The average Bonchev–Trinajstić information content (AvgIpc) is 2.97. The summed E-state index contributed by atoms with van der Waals surface area (Å²) in [6.45, 7) is 3.38. The molecule has 0 bridgehead atoms. The van der Waals surface area contributed by atoms with Crippen molar-refractivity contribution in [3.05, 3.63) is 58.0 Å². The molecule has 1 saturated heterocycles. The van der Waals surface area contributed by atoms with Crippen molar-refractivity contribution in [1.29, 1.82) is 0 Å². The van der Waals surface area contributed by atoms with Gasteiger partial charge in [0.15, 0.2) is 11.5 Å². The second-order valence-electron chi connectivity index (χ2n) is 6.36. The van der Waals surface area contributed by atoms with Gasteiger partial charge in [0.25, 0.3) is 5.91 Å². The maximum Gasteiger partial charge on any atom is 0.265 e. The molecular weight excluding hydrogens is 442 g/mol. The Morgan fingerprint density at radius 2 is 1.80 bits per heavy atom. The highest BCUT2D eigenvalue weighted by Crippen LogP contribution is 2.34. The van der Waals surface area contributed by atoms with Gasteiger partial charge in [-0.2, -0.15) is 0 Å². The van der Waals surface area contributed by atoms with Crippen LogP contribution in [0.25, 0.3) is 6.08 Å². The number of thioether (sulfide) groups is 1. The molecular formula is C22H22ClNO4S2. The van der Waals surface area contributed by atoms with Gasteiger partial charge in [0, 0.05) is 13.5 Å². The van der Waals surface area contributed by atoms with Crippen molar-refractivity contribution in [3.63, 3.8) is 0 Å². The second-order valence-corrected chi connectivity index (χ2v) is 8.44. The summed E-state index contributed by atoms with van der Waals surface area (Å²) in [6.07, 6.45) is 2.50. The van der Waals surface area contributed by atoms with Gasteiger partial charge in [-0.15, -0.1) is 0 Å². The van der Waals surface area contributed by atoms with Gasteiger partial charge in [-0.3, -0.25) is 9.69 Å². The minimum absolute atomic E-state index is 0.0956. The molecule has 1 aliphatic heterocycles. The van der Waals surface area contributed by atoms with Crippen LogP contribution >= 0.6 is 35.6 Å². The quantitative estimate of drug-likeness (QED) is 0.281. The Kier molecular flexibility index (Phi) is 8.01. The highest BCUT2D eigenvalue weighted by atomic mass is 35.5. The highest BCUT2D eigenvalue weighted by Gasteiger charge is 2.28. The van der Waals surface area contributed by atoms with Crippen LogP contribution in [0.4, 0.5) is 0 Å². The summed E-state index contributed by atoms with van der Waals surface area (Å²) in [4.78, 5) is 14.3. The lowest BCUT2D eigenvalue weighted by Crippen LogP contribution is -2.22. The average molecular weight is 464 g/mol. The number of hydrogen-bond donors (Lipinski definition) is 0. The molecule has 5 nitrogen and oxygen atoms in total. The Balaban J connectivity index is 1.59. The molecule has 1 fully saturated rings. The number of ether oxygens (including phenoxy) is 3. The summed E-state index contributed by atoms with van der Waals surface area (Å²) in [7, 11) is 1.68. The highest BCUT2D eigenvalue weighted by molar-refractivity contribution is 8.26. The summed E-state index contributed by atoms with van der Waals surface area (Å²) in [5, 5.41) is 0.590. The van der Waals surface area contributed by atoms with Gasteiger partial charge < -0.3 is 14.2 Å². The van der Waals surface area contributed by atoms with E-state index < -0.39 is 0 Å². The molecule has 2 aromatic rings. The van der Waals surface area contributed by atoms with Crippen molar-refractivity contribution in [3.8, 4) is 17.2 Å². The van der Waals surface area contributed by atoms with E-state index >= 15 is 0 Å². The van der Waals surface area contributed by atoms with Gasteiger partial charge >= 0.3 is 0 Å². The largest absolute Gasteiger partial charge is 0.492 e. The lowest BCUT2D eigenvalue weighted by atomic mass is 10.2. The predicted molar refractivity (Wildman–Crippen MR) is 126 cm³/mol. The Hall–Kier alpha value is -2.22. The van der Waals surface area contributed by atoms with E-state index in [1.165, 1.54) is 16.7 Å². The van der Waals surface area contributed by atoms with Crippen molar-refractivity contribution >= 4 is 51.9 Å². The van der Waals surface area contributed by atoms with Crippen LogP contribution in [-0.2, 0) is 4.79 Å². The van der Waals surface area contributed by atoms with Crippen LogP contribution in [0.5, 0.6) is 17.2 Å². The third kappa shape index (κ3) is 5.68. The molecule has 1 heterocycles. The first-order valence-electron chi connectivity index (χ1n) is 9.48. The van der Waals surface area contributed by atoms with Crippen LogP contribution in [-0.4, -0.2) is 42.0 Å². The number of benzene rings is 2. The topological polar surface area (TPSA) is 48.0 Å². The molecule has 0 atom stereocenters. The number of halogens is 1. The molecule has 0 unspecified atom stereocenters. The smallest absolute Gasteiger partial charge is 0.265 e. The zero-order chi connectivity index (χ0) is 21.5. The van der Waals surface area contributed by atoms with Crippen molar-refractivity contribution in [2.75, 3.05) is 26.9 Å². The van der Waals surface area contributed by atoms with Crippen molar-refractivity contribution in [2.45, 2.75) is 13.3 Å². The number of amides is 1. The number of rotatable bonds is 9. The Morgan fingerprint density at radius 1 is 1.07 bits per heavy atom. The molecule has 1 amide bonds. The maximum absolute atomic E-state index is 12.2. The molecule has 0 aliphatic carbocycles. The fraction of sp³-hybridized carbons (Fsp3) is 0.273. The number of nitrogens with zero attached hydrogens (tertiary/aromatic N) is 1. The zero-order valence-electron chi connectivity index (χ0n) is 16.7. The molecule has 158 valence electrons. The van der Waals surface area contributed by atoms with Crippen LogP contribution < -0.4 is 14.2 Å². The van der Waals surface area contributed by atoms with Gasteiger partial charge in [0.1, 0.15) is 10.1 Å². The number of thiocarbonyl (C=S) groups is 1. The Labute approximate surface area is 190 Å². The Bertz CT molecular complexity index is 964.